The van der Waals surface area contributed by atoms with Gasteiger partial charge in [-0.05, 0) is 55.3 Å². The van der Waals surface area contributed by atoms with Gasteiger partial charge in [-0.25, -0.2) is 9.18 Å². The summed E-state index contributed by atoms with van der Waals surface area (Å²) in [5.41, 5.74) is 9.28. The minimum atomic E-state index is -0.689. The molecule has 0 aliphatic carbocycles. The topological polar surface area (TPSA) is 98.5 Å². The van der Waals surface area contributed by atoms with Crippen molar-refractivity contribution in [2.45, 2.75) is 19.8 Å². The number of nitriles is 1. The maximum atomic E-state index is 13.9. The predicted octanol–water partition coefficient (Wildman–Crippen LogP) is 6.28. The van der Waals surface area contributed by atoms with Crippen LogP contribution in [0.25, 0.3) is 11.0 Å². The Hall–Kier alpha value is -4.28. The van der Waals surface area contributed by atoms with Crippen LogP contribution in [-0.4, -0.2) is 5.97 Å². The van der Waals surface area contributed by atoms with Crippen LogP contribution in [0.1, 0.15) is 38.7 Å². The summed E-state index contributed by atoms with van der Waals surface area (Å²) in [6.07, 6.45) is 0. The molecule has 8 heteroatoms. The second kappa shape index (κ2) is 8.49. The molecular weight excluding hydrogens is 471 g/mol. The number of esters is 1. The lowest BCUT2D eigenvalue weighted by molar-refractivity contribution is 0.0702. The standard InChI is InChI=1S/C27H18ClFN2O4/c1-13-8-22-19(11-21(13)28)14(2)25(34-22)27(32)33-17-6-7-18-23(10-17)35-26(31)20(12-30)24(18)15-4-3-5-16(29)9-15/h3-11,24H,31H2,1-2H3. The summed E-state index contributed by atoms with van der Waals surface area (Å²) in [5.74, 6) is -1.31. The molecule has 1 atom stereocenters. The quantitative estimate of drug-likeness (QED) is 0.269. The molecule has 1 aliphatic heterocycles. The highest BCUT2D eigenvalue weighted by Crippen LogP contribution is 2.43. The zero-order chi connectivity index (χ0) is 24.9. The fraction of sp³-hybridized carbons (Fsp3) is 0.111. The normalized spacial score (nSPS) is 14.9. The van der Waals surface area contributed by atoms with Crippen molar-refractivity contribution < 1.29 is 23.1 Å². The smallest absolute Gasteiger partial charge is 0.379 e. The van der Waals surface area contributed by atoms with Crippen LogP contribution in [0.4, 0.5) is 4.39 Å². The Morgan fingerprint density at radius 1 is 1.17 bits per heavy atom. The lowest BCUT2D eigenvalue weighted by atomic mass is 9.83. The molecule has 0 radical (unpaired) electrons. The first kappa shape index (κ1) is 22.5. The Morgan fingerprint density at radius 2 is 1.97 bits per heavy atom. The third kappa shape index (κ3) is 3.88. The summed E-state index contributed by atoms with van der Waals surface area (Å²) in [5, 5.41) is 11.0. The molecule has 0 amide bonds. The molecule has 2 N–H and O–H groups in total. The number of aryl methyl sites for hydroxylation is 2. The number of ether oxygens (including phenoxy) is 2. The SMILES string of the molecule is Cc1cc2oc(C(=O)Oc3ccc4c(c3)OC(N)=C(C#N)C4c3cccc(F)c3)c(C)c2cc1Cl. The molecule has 1 aliphatic rings. The molecule has 0 fully saturated rings. The Morgan fingerprint density at radius 3 is 2.71 bits per heavy atom. The van der Waals surface area contributed by atoms with Crippen molar-refractivity contribution in [2.75, 3.05) is 0 Å². The van der Waals surface area contributed by atoms with E-state index in [0.717, 1.165) is 10.9 Å². The monoisotopic (exact) mass is 488 g/mol. The van der Waals surface area contributed by atoms with Crippen molar-refractivity contribution in [2.24, 2.45) is 5.73 Å². The van der Waals surface area contributed by atoms with E-state index in [2.05, 4.69) is 6.07 Å². The zero-order valence-corrected chi connectivity index (χ0v) is 19.4. The van der Waals surface area contributed by atoms with Crippen molar-refractivity contribution in [3.63, 3.8) is 0 Å². The van der Waals surface area contributed by atoms with E-state index in [-0.39, 0.29) is 23.0 Å². The van der Waals surface area contributed by atoms with Crippen molar-refractivity contribution in [3.05, 3.63) is 105 Å². The van der Waals surface area contributed by atoms with Gasteiger partial charge in [0.15, 0.2) is 0 Å². The van der Waals surface area contributed by atoms with Gasteiger partial charge in [0.1, 0.15) is 34.5 Å². The van der Waals surface area contributed by atoms with Gasteiger partial charge in [-0.15, -0.1) is 0 Å². The van der Waals surface area contributed by atoms with E-state index < -0.39 is 17.7 Å². The van der Waals surface area contributed by atoms with E-state index in [0.29, 0.717) is 33.0 Å². The van der Waals surface area contributed by atoms with Crippen LogP contribution < -0.4 is 15.2 Å². The maximum Gasteiger partial charge on any atom is 0.379 e. The van der Waals surface area contributed by atoms with Crippen molar-refractivity contribution in [1.29, 1.82) is 5.26 Å². The number of fused-ring (bicyclic) bond motifs is 2. The summed E-state index contributed by atoms with van der Waals surface area (Å²) < 4.78 is 30.9. The summed E-state index contributed by atoms with van der Waals surface area (Å²) in [4.78, 5) is 12.9. The number of carbonyl (C=O) groups is 1. The lowest BCUT2D eigenvalue weighted by Gasteiger charge is -2.26. The van der Waals surface area contributed by atoms with Gasteiger partial charge >= 0.3 is 5.97 Å². The Kier molecular flexibility index (Phi) is 5.46. The van der Waals surface area contributed by atoms with Gasteiger partial charge in [0.25, 0.3) is 0 Å². The third-order valence-electron chi connectivity index (χ3n) is 5.99. The van der Waals surface area contributed by atoms with Gasteiger partial charge in [0, 0.05) is 27.6 Å². The first-order valence-electron chi connectivity index (χ1n) is 10.6. The molecule has 0 saturated carbocycles. The fourth-order valence-electron chi connectivity index (χ4n) is 4.22. The molecule has 35 heavy (non-hydrogen) atoms. The molecule has 5 rings (SSSR count). The lowest BCUT2D eigenvalue weighted by Crippen LogP contribution is -2.21. The number of rotatable bonds is 3. The number of halogens is 2. The second-order valence-corrected chi connectivity index (χ2v) is 8.63. The van der Waals surface area contributed by atoms with E-state index in [1.165, 1.54) is 18.2 Å². The summed E-state index contributed by atoms with van der Waals surface area (Å²) >= 11 is 6.22. The molecule has 0 bridgehead atoms. The highest BCUT2D eigenvalue weighted by Gasteiger charge is 2.31. The average molecular weight is 489 g/mol. The van der Waals surface area contributed by atoms with Crippen molar-refractivity contribution in [3.8, 4) is 17.6 Å². The van der Waals surface area contributed by atoms with Crippen molar-refractivity contribution in [1.82, 2.24) is 0 Å². The highest BCUT2D eigenvalue weighted by atomic mass is 35.5. The molecule has 1 unspecified atom stereocenters. The van der Waals surface area contributed by atoms with Crippen LogP contribution >= 0.6 is 11.6 Å². The molecule has 174 valence electrons. The molecule has 0 saturated heterocycles. The molecule has 0 spiro atoms. The second-order valence-electron chi connectivity index (χ2n) is 8.22. The highest BCUT2D eigenvalue weighted by molar-refractivity contribution is 6.32. The van der Waals surface area contributed by atoms with Crippen LogP contribution in [-0.2, 0) is 0 Å². The van der Waals surface area contributed by atoms with Gasteiger partial charge in [-0.2, -0.15) is 5.26 Å². The van der Waals surface area contributed by atoms with Crippen LogP contribution in [0.15, 0.2) is 70.5 Å². The first-order chi connectivity index (χ1) is 16.8. The number of nitrogens with two attached hydrogens (primary N) is 1. The van der Waals surface area contributed by atoms with E-state index in [4.69, 9.17) is 31.2 Å². The van der Waals surface area contributed by atoms with E-state index in [9.17, 15) is 14.4 Å². The van der Waals surface area contributed by atoms with Crippen LogP contribution in [0.5, 0.6) is 11.5 Å². The molecule has 1 aromatic heterocycles. The van der Waals surface area contributed by atoms with Crippen LogP contribution in [0.2, 0.25) is 5.02 Å². The minimum Gasteiger partial charge on any atom is -0.449 e. The first-order valence-corrected chi connectivity index (χ1v) is 11.0. The number of furan rings is 1. The Balaban J connectivity index is 1.50. The van der Waals surface area contributed by atoms with Gasteiger partial charge < -0.3 is 19.6 Å². The summed E-state index contributed by atoms with van der Waals surface area (Å²) in [6, 6.07) is 16.2. The molecule has 6 nitrogen and oxygen atoms in total. The predicted molar refractivity (Wildman–Crippen MR) is 128 cm³/mol. The number of nitrogens with zero attached hydrogens (tertiary/aromatic N) is 1. The minimum absolute atomic E-state index is 0.0594. The maximum absolute atomic E-state index is 13.9. The molecule has 3 aromatic carbocycles. The van der Waals surface area contributed by atoms with E-state index >= 15 is 0 Å². The number of carbonyl (C=O) groups excluding carboxylic acids is 1. The number of hydrogen-bond acceptors (Lipinski definition) is 6. The van der Waals surface area contributed by atoms with Crippen molar-refractivity contribution >= 4 is 28.5 Å². The summed E-state index contributed by atoms with van der Waals surface area (Å²) in [7, 11) is 0. The van der Waals surface area contributed by atoms with E-state index in [1.54, 1.807) is 43.3 Å². The molecule has 2 heterocycles. The largest absolute Gasteiger partial charge is 0.449 e. The number of benzene rings is 3. The van der Waals surface area contributed by atoms with Gasteiger partial charge in [0.05, 0.1) is 5.92 Å². The van der Waals surface area contributed by atoms with E-state index in [1.807, 2.05) is 6.92 Å². The number of allylic oxidation sites excluding steroid dienone is 1. The van der Waals surface area contributed by atoms with Crippen LogP contribution in [0, 0.1) is 31.0 Å². The summed E-state index contributed by atoms with van der Waals surface area (Å²) in [6.45, 7) is 3.60. The average Bonchev–Trinajstić information content (AvgIpc) is 3.13. The molecule has 4 aromatic rings. The fourth-order valence-corrected chi connectivity index (χ4v) is 4.38. The van der Waals surface area contributed by atoms with Crippen LogP contribution in [0.3, 0.4) is 0 Å². The Bertz CT molecular complexity index is 1600. The molecular formula is C27H18ClFN2O4. The Labute approximate surface area is 204 Å². The van der Waals surface area contributed by atoms with Gasteiger partial charge in [-0.3, -0.25) is 0 Å². The zero-order valence-electron chi connectivity index (χ0n) is 18.7. The van der Waals surface area contributed by atoms with Gasteiger partial charge in [0.2, 0.25) is 11.6 Å². The number of hydrogen-bond donors (Lipinski definition) is 1. The van der Waals surface area contributed by atoms with Gasteiger partial charge in [-0.1, -0.05) is 29.8 Å². The third-order valence-corrected chi connectivity index (χ3v) is 6.39.